The quantitative estimate of drug-likeness (QED) is 0.730. The number of hydrogen-bond acceptors (Lipinski definition) is 1. The average molecular weight is 339 g/mol. The Morgan fingerprint density at radius 1 is 1.05 bits per heavy atom. The van der Waals surface area contributed by atoms with Crippen LogP contribution in [0.25, 0.3) is 0 Å². The molecule has 0 radical (unpaired) electrons. The van der Waals surface area contributed by atoms with E-state index in [-0.39, 0.29) is 6.04 Å². The van der Waals surface area contributed by atoms with Crippen LogP contribution in [-0.4, -0.2) is 0 Å². The first-order valence-corrected chi connectivity index (χ1v) is 7.51. The van der Waals surface area contributed by atoms with Gasteiger partial charge in [-0.2, -0.15) is 0 Å². The van der Waals surface area contributed by atoms with Crippen molar-refractivity contribution in [1.82, 2.24) is 0 Å². The molecule has 0 heterocycles. The van der Waals surface area contributed by atoms with Gasteiger partial charge in [0.25, 0.3) is 0 Å². The molecule has 1 atom stereocenters. The second kappa shape index (κ2) is 6.44. The van der Waals surface area contributed by atoms with E-state index in [4.69, 9.17) is 11.6 Å². The molecule has 2 rings (SSSR count). The van der Waals surface area contributed by atoms with Gasteiger partial charge in [-0.1, -0.05) is 71.7 Å². The predicted molar refractivity (Wildman–Crippen MR) is 86.8 cm³/mol. The van der Waals surface area contributed by atoms with Crippen LogP contribution in [0, 0.1) is 5.92 Å². The molecule has 1 unspecified atom stereocenters. The summed E-state index contributed by atoms with van der Waals surface area (Å²) in [5.41, 5.74) is 2.24. The SMILES string of the molecule is CC(C)C(Nc1ccc(Br)cc1Cl)c1ccccc1. The molecule has 2 aromatic carbocycles. The number of halogens is 2. The van der Waals surface area contributed by atoms with E-state index in [1.165, 1.54) is 5.56 Å². The molecule has 19 heavy (non-hydrogen) atoms. The molecular formula is C16H17BrClN. The van der Waals surface area contributed by atoms with Gasteiger partial charge in [-0.15, -0.1) is 0 Å². The summed E-state index contributed by atoms with van der Waals surface area (Å²) in [6.45, 7) is 4.41. The first-order valence-electron chi connectivity index (χ1n) is 6.34. The maximum atomic E-state index is 6.27. The van der Waals surface area contributed by atoms with Crippen LogP contribution in [0.3, 0.4) is 0 Å². The van der Waals surface area contributed by atoms with E-state index < -0.39 is 0 Å². The minimum absolute atomic E-state index is 0.250. The molecule has 100 valence electrons. The normalized spacial score (nSPS) is 12.5. The van der Waals surface area contributed by atoms with Gasteiger partial charge in [0.05, 0.1) is 16.8 Å². The fourth-order valence-electron chi connectivity index (χ4n) is 2.07. The smallest absolute Gasteiger partial charge is 0.0648 e. The minimum atomic E-state index is 0.250. The first kappa shape index (κ1) is 14.4. The van der Waals surface area contributed by atoms with Gasteiger partial charge in [0, 0.05) is 4.47 Å². The van der Waals surface area contributed by atoms with Gasteiger partial charge in [-0.25, -0.2) is 0 Å². The molecule has 1 nitrogen and oxygen atoms in total. The highest BCUT2D eigenvalue weighted by atomic mass is 79.9. The zero-order valence-electron chi connectivity index (χ0n) is 11.0. The van der Waals surface area contributed by atoms with Crippen molar-refractivity contribution in [2.24, 2.45) is 5.92 Å². The maximum absolute atomic E-state index is 6.27. The van der Waals surface area contributed by atoms with Crippen molar-refractivity contribution in [3.63, 3.8) is 0 Å². The van der Waals surface area contributed by atoms with Gasteiger partial charge in [-0.05, 0) is 29.7 Å². The van der Waals surface area contributed by atoms with Gasteiger partial charge in [-0.3, -0.25) is 0 Å². The number of anilines is 1. The molecule has 0 spiro atoms. The lowest BCUT2D eigenvalue weighted by Gasteiger charge is -2.24. The molecule has 0 bridgehead atoms. The van der Waals surface area contributed by atoms with Crippen LogP contribution >= 0.6 is 27.5 Å². The largest absolute Gasteiger partial charge is 0.377 e. The summed E-state index contributed by atoms with van der Waals surface area (Å²) in [6.07, 6.45) is 0. The van der Waals surface area contributed by atoms with Crippen molar-refractivity contribution in [2.45, 2.75) is 19.9 Å². The minimum Gasteiger partial charge on any atom is -0.377 e. The highest BCUT2D eigenvalue weighted by Crippen LogP contribution is 2.31. The summed E-state index contributed by atoms with van der Waals surface area (Å²) in [6, 6.07) is 16.6. The van der Waals surface area contributed by atoms with Crippen LogP contribution in [0.4, 0.5) is 5.69 Å². The summed E-state index contributed by atoms with van der Waals surface area (Å²) in [5.74, 6) is 0.474. The van der Waals surface area contributed by atoms with Crippen molar-refractivity contribution >= 4 is 33.2 Å². The van der Waals surface area contributed by atoms with Gasteiger partial charge in [0.1, 0.15) is 0 Å². The molecule has 0 aliphatic heterocycles. The van der Waals surface area contributed by atoms with Crippen LogP contribution < -0.4 is 5.32 Å². The maximum Gasteiger partial charge on any atom is 0.0648 e. The second-order valence-electron chi connectivity index (χ2n) is 4.90. The van der Waals surface area contributed by atoms with E-state index >= 15 is 0 Å². The Morgan fingerprint density at radius 2 is 1.74 bits per heavy atom. The zero-order valence-corrected chi connectivity index (χ0v) is 13.4. The van der Waals surface area contributed by atoms with E-state index in [2.05, 4.69) is 59.4 Å². The van der Waals surface area contributed by atoms with Crippen LogP contribution in [0.1, 0.15) is 25.5 Å². The van der Waals surface area contributed by atoms with Crippen molar-refractivity contribution in [3.8, 4) is 0 Å². The topological polar surface area (TPSA) is 12.0 Å². The standard InChI is InChI=1S/C16H17BrClN/c1-11(2)16(12-6-4-3-5-7-12)19-15-9-8-13(17)10-14(15)18/h3-11,16,19H,1-2H3. The lowest BCUT2D eigenvalue weighted by molar-refractivity contribution is 0.546. The molecule has 3 heteroatoms. The second-order valence-corrected chi connectivity index (χ2v) is 6.22. The van der Waals surface area contributed by atoms with Gasteiger partial charge in [0.15, 0.2) is 0 Å². The third-order valence-corrected chi connectivity index (χ3v) is 3.87. The lowest BCUT2D eigenvalue weighted by Crippen LogP contribution is -2.16. The Kier molecular flexibility index (Phi) is 4.89. The van der Waals surface area contributed by atoms with Gasteiger partial charge in [0.2, 0.25) is 0 Å². The Morgan fingerprint density at radius 3 is 2.32 bits per heavy atom. The fraction of sp³-hybridized carbons (Fsp3) is 0.250. The Labute approximate surface area is 128 Å². The number of nitrogens with one attached hydrogen (secondary N) is 1. The van der Waals surface area contributed by atoms with Crippen LogP contribution in [-0.2, 0) is 0 Å². The van der Waals surface area contributed by atoms with Crippen LogP contribution in [0.2, 0.25) is 5.02 Å². The Hall–Kier alpha value is -0.990. The van der Waals surface area contributed by atoms with E-state index in [1.807, 2.05) is 24.3 Å². The van der Waals surface area contributed by atoms with E-state index in [9.17, 15) is 0 Å². The molecule has 0 fully saturated rings. The number of benzene rings is 2. The fourth-order valence-corrected chi connectivity index (χ4v) is 2.80. The van der Waals surface area contributed by atoms with Gasteiger partial charge < -0.3 is 5.32 Å². The molecule has 0 aliphatic rings. The van der Waals surface area contributed by atoms with Crippen molar-refractivity contribution in [2.75, 3.05) is 5.32 Å². The summed E-state index contributed by atoms with van der Waals surface area (Å²) in [7, 11) is 0. The molecule has 0 aliphatic carbocycles. The first-order chi connectivity index (χ1) is 9.08. The third-order valence-electron chi connectivity index (χ3n) is 3.07. The monoisotopic (exact) mass is 337 g/mol. The van der Waals surface area contributed by atoms with Crippen LogP contribution in [0.15, 0.2) is 53.0 Å². The third kappa shape index (κ3) is 3.74. The van der Waals surface area contributed by atoms with E-state index in [0.29, 0.717) is 5.92 Å². The summed E-state index contributed by atoms with van der Waals surface area (Å²) < 4.78 is 0.990. The molecule has 0 saturated carbocycles. The van der Waals surface area contributed by atoms with Crippen LogP contribution in [0.5, 0.6) is 0 Å². The zero-order chi connectivity index (χ0) is 13.8. The Balaban J connectivity index is 2.27. The molecule has 0 aromatic heterocycles. The molecular weight excluding hydrogens is 322 g/mol. The van der Waals surface area contributed by atoms with Gasteiger partial charge >= 0.3 is 0 Å². The Bertz CT molecular complexity index is 540. The molecule has 2 aromatic rings. The predicted octanol–water partition coefficient (Wildman–Crippen LogP) is 5.91. The highest BCUT2D eigenvalue weighted by molar-refractivity contribution is 9.10. The van der Waals surface area contributed by atoms with Crippen molar-refractivity contribution < 1.29 is 0 Å². The molecule has 1 N–H and O–H groups in total. The average Bonchev–Trinajstić information content (AvgIpc) is 2.38. The van der Waals surface area contributed by atoms with Crippen molar-refractivity contribution in [3.05, 3.63) is 63.6 Å². The number of hydrogen-bond donors (Lipinski definition) is 1. The summed E-state index contributed by atoms with van der Waals surface area (Å²) in [4.78, 5) is 0. The molecule has 0 saturated heterocycles. The van der Waals surface area contributed by atoms with E-state index in [1.54, 1.807) is 0 Å². The summed E-state index contributed by atoms with van der Waals surface area (Å²) >= 11 is 9.70. The molecule has 0 amide bonds. The number of rotatable bonds is 4. The van der Waals surface area contributed by atoms with Crippen molar-refractivity contribution in [1.29, 1.82) is 0 Å². The van der Waals surface area contributed by atoms with E-state index in [0.717, 1.165) is 15.2 Å². The highest BCUT2D eigenvalue weighted by Gasteiger charge is 2.16. The summed E-state index contributed by atoms with van der Waals surface area (Å²) in [5, 5.41) is 4.27. The lowest BCUT2D eigenvalue weighted by atomic mass is 9.96.